The van der Waals surface area contributed by atoms with E-state index in [9.17, 15) is 0 Å². The lowest BCUT2D eigenvalue weighted by atomic mass is 10.0. The Morgan fingerprint density at radius 2 is 1.79 bits per heavy atom. The first-order valence-electron chi connectivity index (χ1n) is 7.73. The van der Waals surface area contributed by atoms with Crippen LogP contribution < -0.4 is 0 Å². The normalized spacial score (nSPS) is 12.3. The highest BCUT2D eigenvalue weighted by Crippen LogP contribution is 2.20. The molecule has 1 rings (SSSR count). The molecule has 19 heavy (non-hydrogen) atoms. The molecule has 1 aromatic heterocycles. The van der Waals surface area contributed by atoms with Crippen LogP contribution in [0.15, 0.2) is 12.4 Å². The number of nitrogens with zero attached hydrogens (tertiary/aromatic N) is 3. The third-order valence-electron chi connectivity index (χ3n) is 3.71. The highest BCUT2D eigenvalue weighted by molar-refractivity contribution is 5.05. The Morgan fingerprint density at radius 3 is 2.42 bits per heavy atom. The number of nitriles is 1. The summed E-state index contributed by atoms with van der Waals surface area (Å²) in [6, 6.07) is 0. The quantitative estimate of drug-likeness (QED) is 0.565. The van der Waals surface area contributed by atoms with Crippen LogP contribution in [0.4, 0.5) is 0 Å². The van der Waals surface area contributed by atoms with Gasteiger partial charge >= 0.3 is 0 Å². The van der Waals surface area contributed by atoms with Gasteiger partial charge in [0.25, 0.3) is 0 Å². The van der Waals surface area contributed by atoms with E-state index in [0.29, 0.717) is 5.92 Å². The van der Waals surface area contributed by atoms with Crippen molar-refractivity contribution in [3.05, 3.63) is 18.2 Å². The minimum atomic E-state index is 0.384. The predicted octanol–water partition coefficient (Wildman–Crippen LogP) is 4.85. The molecule has 106 valence electrons. The van der Waals surface area contributed by atoms with Gasteiger partial charge in [-0.3, -0.25) is 0 Å². The summed E-state index contributed by atoms with van der Waals surface area (Å²) in [4.78, 5) is 4.28. The van der Waals surface area contributed by atoms with Gasteiger partial charge in [0, 0.05) is 18.3 Å². The van der Waals surface area contributed by atoms with Gasteiger partial charge in [0.2, 0.25) is 0 Å². The van der Waals surface area contributed by atoms with Gasteiger partial charge in [-0.2, -0.15) is 5.26 Å². The minimum absolute atomic E-state index is 0.384. The Bertz CT molecular complexity index is 376. The van der Waals surface area contributed by atoms with Crippen LogP contribution in [0.1, 0.15) is 83.4 Å². The summed E-state index contributed by atoms with van der Waals surface area (Å²) in [5.41, 5.74) is 0. The highest BCUT2D eigenvalue weighted by Gasteiger charge is 2.11. The van der Waals surface area contributed by atoms with Crippen molar-refractivity contribution in [2.45, 2.75) is 77.6 Å². The van der Waals surface area contributed by atoms with E-state index in [0.717, 1.165) is 12.2 Å². The van der Waals surface area contributed by atoms with Gasteiger partial charge in [-0.05, 0) is 6.42 Å². The molecule has 0 spiro atoms. The largest absolute Gasteiger partial charge is 0.240 e. The molecule has 0 aliphatic carbocycles. The molecule has 0 amide bonds. The van der Waals surface area contributed by atoms with Crippen molar-refractivity contribution in [1.29, 1.82) is 5.26 Å². The first-order chi connectivity index (χ1) is 9.29. The van der Waals surface area contributed by atoms with Crippen molar-refractivity contribution in [2.24, 2.45) is 0 Å². The second-order valence-corrected chi connectivity index (χ2v) is 5.42. The van der Waals surface area contributed by atoms with E-state index in [1.807, 2.05) is 0 Å². The fraction of sp³-hybridized carbons (Fsp3) is 0.750. The van der Waals surface area contributed by atoms with Crippen molar-refractivity contribution in [3.8, 4) is 6.19 Å². The van der Waals surface area contributed by atoms with Crippen molar-refractivity contribution in [1.82, 2.24) is 9.55 Å². The molecule has 0 aromatic carbocycles. The molecule has 0 aliphatic rings. The molecule has 0 N–H and O–H groups in total. The Hall–Kier alpha value is -1.30. The number of hydrogen-bond donors (Lipinski definition) is 0. The van der Waals surface area contributed by atoms with E-state index in [1.165, 1.54) is 51.4 Å². The van der Waals surface area contributed by atoms with Gasteiger partial charge in [-0.25, -0.2) is 9.55 Å². The molecule has 0 fully saturated rings. The van der Waals surface area contributed by atoms with Crippen LogP contribution >= 0.6 is 0 Å². The van der Waals surface area contributed by atoms with Gasteiger partial charge in [-0.15, -0.1) is 0 Å². The molecule has 3 nitrogen and oxygen atoms in total. The third kappa shape index (κ3) is 5.92. The smallest absolute Gasteiger partial charge is 0.189 e. The summed E-state index contributed by atoms with van der Waals surface area (Å²) in [5.74, 6) is 1.29. The van der Waals surface area contributed by atoms with Gasteiger partial charge in [0.15, 0.2) is 6.19 Å². The third-order valence-corrected chi connectivity index (χ3v) is 3.71. The Morgan fingerprint density at radius 1 is 1.16 bits per heavy atom. The zero-order chi connectivity index (χ0) is 13.9. The van der Waals surface area contributed by atoms with E-state index in [2.05, 4.69) is 25.0 Å². The standard InChI is InChI=1S/C16H27N3/c1-3-4-5-6-7-8-9-10-11-15(2)16-18-12-13-19(16)14-17/h12-13,15H,3-11H2,1-2H3. The predicted molar refractivity (Wildman–Crippen MR) is 78.9 cm³/mol. The molecular formula is C16H27N3. The van der Waals surface area contributed by atoms with Crippen LogP contribution in [0, 0.1) is 11.5 Å². The van der Waals surface area contributed by atoms with E-state index in [1.54, 1.807) is 17.0 Å². The average Bonchev–Trinajstić information content (AvgIpc) is 2.90. The Balaban J connectivity index is 2.08. The Labute approximate surface area is 117 Å². The lowest BCUT2D eigenvalue weighted by molar-refractivity contribution is 0.532. The van der Waals surface area contributed by atoms with Crippen LogP contribution in [-0.2, 0) is 0 Å². The first kappa shape index (κ1) is 15.8. The molecule has 1 atom stereocenters. The monoisotopic (exact) mass is 261 g/mol. The summed E-state index contributed by atoms with van der Waals surface area (Å²) in [6.45, 7) is 4.42. The zero-order valence-electron chi connectivity index (χ0n) is 12.4. The fourth-order valence-corrected chi connectivity index (χ4v) is 2.48. The lowest BCUT2D eigenvalue weighted by Gasteiger charge is -2.09. The maximum absolute atomic E-state index is 8.94. The summed E-state index contributed by atoms with van der Waals surface area (Å²) in [7, 11) is 0. The average molecular weight is 261 g/mol. The van der Waals surface area contributed by atoms with E-state index < -0.39 is 0 Å². The number of unbranched alkanes of at least 4 members (excludes halogenated alkanes) is 7. The molecule has 3 heteroatoms. The van der Waals surface area contributed by atoms with Gasteiger partial charge in [0.05, 0.1) is 0 Å². The molecule has 1 unspecified atom stereocenters. The minimum Gasteiger partial charge on any atom is -0.240 e. The van der Waals surface area contributed by atoms with Gasteiger partial charge in [0.1, 0.15) is 5.82 Å². The van der Waals surface area contributed by atoms with Crippen molar-refractivity contribution in [2.75, 3.05) is 0 Å². The lowest BCUT2D eigenvalue weighted by Crippen LogP contribution is -2.02. The molecule has 1 heterocycles. The van der Waals surface area contributed by atoms with Crippen molar-refractivity contribution < 1.29 is 0 Å². The maximum atomic E-state index is 8.94. The molecule has 0 saturated carbocycles. The van der Waals surface area contributed by atoms with Crippen molar-refractivity contribution in [3.63, 3.8) is 0 Å². The fourth-order valence-electron chi connectivity index (χ4n) is 2.48. The zero-order valence-corrected chi connectivity index (χ0v) is 12.4. The second-order valence-electron chi connectivity index (χ2n) is 5.42. The van der Waals surface area contributed by atoms with E-state index in [-0.39, 0.29) is 0 Å². The topological polar surface area (TPSA) is 41.6 Å². The number of imidazole rings is 1. The summed E-state index contributed by atoms with van der Waals surface area (Å²) >= 11 is 0. The molecule has 0 saturated heterocycles. The molecule has 0 aliphatic heterocycles. The first-order valence-corrected chi connectivity index (χ1v) is 7.73. The van der Waals surface area contributed by atoms with Gasteiger partial charge < -0.3 is 0 Å². The van der Waals surface area contributed by atoms with Gasteiger partial charge in [-0.1, -0.05) is 65.2 Å². The number of rotatable bonds is 10. The van der Waals surface area contributed by atoms with Crippen LogP contribution in [0.3, 0.4) is 0 Å². The van der Waals surface area contributed by atoms with Crippen molar-refractivity contribution >= 4 is 0 Å². The number of aromatic nitrogens is 2. The second kappa shape index (κ2) is 9.61. The Kier molecular flexibility index (Phi) is 7.97. The van der Waals surface area contributed by atoms with Crippen LogP contribution in [-0.4, -0.2) is 9.55 Å². The van der Waals surface area contributed by atoms with Crippen LogP contribution in [0.5, 0.6) is 0 Å². The number of hydrogen-bond acceptors (Lipinski definition) is 2. The molecule has 1 aromatic rings. The molecule has 0 bridgehead atoms. The summed E-state index contributed by atoms with van der Waals surface area (Å²) in [6.07, 6.45) is 17.5. The summed E-state index contributed by atoms with van der Waals surface area (Å²) < 4.78 is 1.58. The van der Waals surface area contributed by atoms with E-state index >= 15 is 0 Å². The molecular weight excluding hydrogens is 234 g/mol. The highest BCUT2D eigenvalue weighted by atomic mass is 15.1. The van der Waals surface area contributed by atoms with Crippen LogP contribution in [0.2, 0.25) is 0 Å². The SMILES string of the molecule is CCCCCCCCCCC(C)c1nccn1C#N. The molecule has 0 radical (unpaired) electrons. The maximum Gasteiger partial charge on any atom is 0.189 e. The summed E-state index contributed by atoms with van der Waals surface area (Å²) in [5, 5.41) is 8.94. The van der Waals surface area contributed by atoms with Crippen LogP contribution in [0.25, 0.3) is 0 Å². The van der Waals surface area contributed by atoms with E-state index in [4.69, 9.17) is 5.26 Å².